The largest absolute Gasteiger partial charge is 0.495 e. The summed E-state index contributed by atoms with van der Waals surface area (Å²) in [5, 5.41) is 0.966. The van der Waals surface area contributed by atoms with Crippen molar-refractivity contribution in [3.8, 4) is 5.75 Å². The molecule has 5 nitrogen and oxygen atoms in total. The lowest BCUT2D eigenvalue weighted by molar-refractivity contribution is -0.00258. The second kappa shape index (κ2) is 7.97. The molecule has 146 valence electrons. The number of hydrogen-bond donors (Lipinski definition) is 0. The van der Waals surface area contributed by atoms with E-state index >= 15 is 0 Å². The van der Waals surface area contributed by atoms with Gasteiger partial charge >= 0.3 is 0 Å². The average Bonchev–Trinajstić information content (AvgIpc) is 2.62. The fourth-order valence-electron chi connectivity index (χ4n) is 3.07. The van der Waals surface area contributed by atoms with E-state index in [4.69, 9.17) is 32.7 Å². The first kappa shape index (κ1) is 20.4. The lowest BCUT2D eigenvalue weighted by Gasteiger charge is -2.33. The van der Waals surface area contributed by atoms with Gasteiger partial charge in [-0.2, -0.15) is 4.31 Å². The molecule has 8 heteroatoms. The van der Waals surface area contributed by atoms with E-state index < -0.39 is 16.1 Å². The van der Waals surface area contributed by atoms with Crippen molar-refractivity contribution in [1.29, 1.82) is 0 Å². The molecule has 0 radical (unpaired) electrons. The van der Waals surface area contributed by atoms with E-state index in [0.717, 1.165) is 16.7 Å². The molecule has 0 aliphatic carbocycles. The first-order valence-corrected chi connectivity index (χ1v) is 10.6. The summed E-state index contributed by atoms with van der Waals surface area (Å²) >= 11 is 12.1. The zero-order valence-corrected chi connectivity index (χ0v) is 17.7. The van der Waals surface area contributed by atoms with Crippen LogP contribution in [-0.4, -0.2) is 39.5 Å². The van der Waals surface area contributed by atoms with Gasteiger partial charge in [-0.1, -0.05) is 23.2 Å². The van der Waals surface area contributed by atoms with E-state index in [-0.39, 0.29) is 24.6 Å². The third-order valence-corrected chi connectivity index (χ3v) is 7.01. The highest BCUT2D eigenvalue weighted by Crippen LogP contribution is 2.33. The monoisotopic (exact) mass is 429 g/mol. The Bertz CT molecular complexity index is 942. The number of methoxy groups -OCH3 is 1. The third-order valence-electron chi connectivity index (χ3n) is 4.68. The molecule has 0 spiro atoms. The number of morpholine rings is 1. The second-order valence-electron chi connectivity index (χ2n) is 6.51. The quantitative estimate of drug-likeness (QED) is 0.723. The van der Waals surface area contributed by atoms with Crippen LogP contribution < -0.4 is 4.74 Å². The van der Waals surface area contributed by atoms with Gasteiger partial charge in [0, 0.05) is 23.1 Å². The normalized spacial score (nSPS) is 18.5. The fraction of sp³-hybridized carbons (Fsp3) is 0.368. The zero-order valence-electron chi connectivity index (χ0n) is 15.3. The molecule has 0 bridgehead atoms. The Hall–Kier alpha value is -1.31. The van der Waals surface area contributed by atoms with Crippen molar-refractivity contribution in [1.82, 2.24) is 4.31 Å². The van der Waals surface area contributed by atoms with Gasteiger partial charge in [0.25, 0.3) is 0 Å². The summed E-state index contributed by atoms with van der Waals surface area (Å²) in [7, 11) is -2.27. The lowest BCUT2D eigenvalue weighted by Crippen LogP contribution is -2.42. The molecule has 1 saturated heterocycles. The first-order chi connectivity index (χ1) is 12.7. The summed E-state index contributed by atoms with van der Waals surface area (Å²) in [6, 6.07) is 8.51. The number of benzene rings is 2. The molecule has 27 heavy (non-hydrogen) atoms. The van der Waals surface area contributed by atoms with Gasteiger partial charge in [0.05, 0.1) is 19.8 Å². The van der Waals surface area contributed by atoms with E-state index in [1.54, 1.807) is 30.3 Å². The van der Waals surface area contributed by atoms with Crippen molar-refractivity contribution >= 4 is 33.2 Å². The summed E-state index contributed by atoms with van der Waals surface area (Å²) in [5.41, 5.74) is 2.61. The summed E-state index contributed by atoms with van der Waals surface area (Å²) in [5.74, 6) is 0.340. The van der Waals surface area contributed by atoms with Crippen LogP contribution in [0.3, 0.4) is 0 Å². The fourth-order valence-corrected chi connectivity index (χ4v) is 5.26. The highest BCUT2D eigenvalue weighted by atomic mass is 35.5. The van der Waals surface area contributed by atoms with Crippen molar-refractivity contribution in [3.63, 3.8) is 0 Å². The van der Waals surface area contributed by atoms with Crippen molar-refractivity contribution in [2.75, 3.05) is 26.8 Å². The van der Waals surface area contributed by atoms with Gasteiger partial charge in [0.1, 0.15) is 10.6 Å². The molecule has 0 aromatic heterocycles. The summed E-state index contributed by atoms with van der Waals surface area (Å²) in [4.78, 5) is 0.165. The van der Waals surface area contributed by atoms with E-state index in [2.05, 4.69) is 0 Å². The predicted molar refractivity (Wildman–Crippen MR) is 106 cm³/mol. The number of hydrogen-bond acceptors (Lipinski definition) is 4. The van der Waals surface area contributed by atoms with Gasteiger partial charge in [-0.15, -0.1) is 0 Å². The molecule has 1 heterocycles. The standard InChI is InChI=1S/C19H21Cl2NO4S/c1-12-6-17(25-3)19(7-13(12)2)27(23,24)22-4-5-26-18(11-22)14-8-15(20)10-16(21)9-14/h6-10,18H,4-5,11H2,1-3H3/t18-/m1/s1. The van der Waals surface area contributed by atoms with Gasteiger partial charge in [0.15, 0.2) is 0 Å². The number of ether oxygens (including phenoxy) is 2. The lowest BCUT2D eigenvalue weighted by atomic mass is 10.1. The van der Waals surface area contributed by atoms with Crippen LogP contribution >= 0.6 is 23.2 Å². The predicted octanol–water partition coefficient (Wildman–Crippen LogP) is 4.38. The van der Waals surface area contributed by atoms with Crippen molar-refractivity contribution in [2.24, 2.45) is 0 Å². The first-order valence-electron chi connectivity index (χ1n) is 8.45. The molecular formula is C19H21Cl2NO4S. The molecule has 0 unspecified atom stereocenters. The minimum absolute atomic E-state index is 0.165. The van der Waals surface area contributed by atoms with Gasteiger partial charge in [-0.3, -0.25) is 0 Å². The highest BCUT2D eigenvalue weighted by Gasteiger charge is 2.34. The van der Waals surface area contributed by atoms with Crippen molar-refractivity contribution in [3.05, 3.63) is 57.1 Å². The molecule has 0 saturated carbocycles. The molecule has 3 rings (SSSR count). The van der Waals surface area contributed by atoms with Crippen LogP contribution in [0.5, 0.6) is 5.75 Å². The molecule has 0 amide bonds. The minimum atomic E-state index is -3.74. The summed E-state index contributed by atoms with van der Waals surface area (Å²) in [6.45, 7) is 4.52. The van der Waals surface area contributed by atoms with E-state index in [0.29, 0.717) is 15.8 Å². The molecule has 0 N–H and O–H groups in total. The van der Waals surface area contributed by atoms with Gasteiger partial charge in [0.2, 0.25) is 10.0 Å². The third kappa shape index (κ3) is 4.25. The van der Waals surface area contributed by atoms with Crippen LogP contribution in [-0.2, 0) is 14.8 Å². The Labute approximate surface area is 169 Å². The zero-order chi connectivity index (χ0) is 19.8. The van der Waals surface area contributed by atoms with Crippen LogP contribution in [0.1, 0.15) is 22.8 Å². The van der Waals surface area contributed by atoms with Crippen LogP contribution in [0.2, 0.25) is 10.0 Å². The number of aryl methyl sites for hydroxylation is 2. The minimum Gasteiger partial charge on any atom is -0.495 e. The van der Waals surface area contributed by atoms with Crippen LogP contribution in [0.25, 0.3) is 0 Å². The van der Waals surface area contributed by atoms with E-state index in [1.165, 1.54) is 11.4 Å². The smallest absolute Gasteiger partial charge is 0.246 e. The molecule has 2 aromatic rings. The number of halogens is 2. The van der Waals surface area contributed by atoms with Crippen molar-refractivity contribution < 1.29 is 17.9 Å². The number of nitrogens with zero attached hydrogens (tertiary/aromatic N) is 1. The van der Waals surface area contributed by atoms with Crippen molar-refractivity contribution in [2.45, 2.75) is 24.8 Å². The average molecular weight is 430 g/mol. The summed E-state index contributed by atoms with van der Waals surface area (Å²) in [6.07, 6.45) is -0.442. The maximum Gasteiger partial charge on any atom is 0.246 e. The maximum atomic E-state index is 13.3. The van der Waals surface area contributed by atoms with E-state index in [9.17, 15) is 8.42 Å². The molecule has 1 atom stereocenters. The Kier molecular flexibility index (Phi) is 6.03. The Morgan fingerprint density at radius 2 is 1.70 bits per heavy atom. The Balaban J connectivity index is 1.94. The summed E-state index contributed by atoms with van der Waals surface area (Å²) < 4.78 is 39.1. The Morgan fingerprint density at radius 3 is 2.33 bits per heavy atom. The second-order valence-corrected chi connectivity index (χ2v) is 9.29. The van der Waals surface area contributed by atoms with Gasteiger partial charge < -0.3 is 9.47 Å². The number of rotatable bonds is 4. The highest BCUT2D eigenvalue weighted by molar-refractivity contribution is 7.89. The van der Waals surface area contributed by atoms with E-state index in [1.807, 2.05) is 13.8 Å². The van der Waals surface area contributed by atoms with Crippen LogP contribution in [0.4, 0.5) is 0 Å². The SMILES string of the molecule is COc1cc(C)c(C)cc1S(=O)(=O)N1CCO[C@@H](c2cc(Cl)cc(Cl)c2)C1. The molecule has 1 aliphatic heterocycles. The molecule has 1 aliphatic rings. The maximum absolute atomic E-state index is 13.3. The van der Waals surface area contributed by atoms with Gasteiger partial charge in [-0.05, 0) is 60.9 Å². The molecule has 2 aromatic carbocycles. The Morgan fingerprint density at radius 1 is 1.07 bits per heavy atom. The van der Waals surface area contributed by atoms with Crippen LogP contribution in [0.15, 0.2) is 35.2 Å². The molecule has 1 fully saturated rings. The number of sulfonamides is 1. The van der Waals surface area contributed by atoms with Gasteiger partial charge in [-0.25, -0.2) is 8.42 Å². The topological polar surface area (TPSA) is 55.8 Å². The molecular weight excluding hydrogens is 409 g/mol. The van der Waals surface area contributed by atoms with Crippen LogP contribution in [0, 0.1) is 13.8 Å².